The van der Waals surface area contributed by atoms with E-state index < -0.39 is 11.2 Å². The van der Waals surface area contributed by atoms with Crippen molar-refractivity contribution in [3.63, 3.8) is 0 Å². The molecule has 0 aromatic heterocycles. The second kappa shape index (κ2) is 17.5. The monoisotopic (exact) mass is 907 g/mol. The highest BCUT2D eigenvalue weighted by Gasteiger charge is 2.61. The number of alkyl halides is 1. The van der Waals surface area contributed by atoms with Crippen LogP contribution in [-0.4, -0.2) is 74.3 Å². The van der Waals surface area contributed by atoms with Crippen LogP contribution in [-0.2, 0) is 14.3 Å². The molecule has 0 aliphatic heterocycles. The highest BCUT2D eigenvalue weighted by atomic mass is 79.9. The first kappa shape index (κ1) is 46.2. The lowest BCUT2D eigenvalue weighted by molar-refractivity contribution is -0.136. The van der Waals surface area contributed by atoms with Gasteiger partial charge in [-0.2, -0.15) is 0 Å². The van der Waals surface area contributed by atoms with Crippen molar-refractivity contribution in [1.82, 2.24) is 0 Å². The maximum atomic E-state index is 13.1. The van der Waals surface area contributed by atoms with E-state index in [0.717, 1.165) is 112 Å². The molecule has 10 saturated carbocycles. The minimum Gasteiger partial charge on any atom is -0.390 e. The van der Waals surface area contributed by atoms with Crippen LogP contribution in [0, 0.1) is 95.0 Å². The fourth-order valence-corrected chi connectivity index (χ4v) is 17.0. The number of ether oxygens (including phenoxy) is 1. The van der Waals surface area contributed by atoms with Crippen LogP contribution in [0.4, 0.5) is 0 Å². The molecule has 0 aromatic carbocycles. The van der Waals surface area contributed by atoms with Gasteiger partial charge in [0.1, 0.15) is 25.6 Å². The quantitative estimate of drug-likeness (QED) is 0.165. The third kappa shape index (κ3) is 8.99. The van der Waals surface area contributed by atoms with Crippen molar-refractivity contribution in [2.75, 3.05) is 25.2 Å². The molecule has 10 rings (SSSR count). The summed E-state index contributed by atoms with van der Waals surface area (Å²) < 4.78 is 5.76. The predicted molar refractivity (Wildman–Crippen MR) is 241 cm³/mol. The summed E-state index contributed by atoms with van der Waals surface area (Å²) in [4.78, 5) is 32.5. The van der Waals surface area contributed by atoms with Gasteiger partial charge in [0.25, 0.3) is 11.1 Å². The van der Waals surface area contributed by atoms with Crippen LogP contribution >= 0.6 is 15.9 Å². The molecule has 0 bridgehead atoms. The van der Waals surface area contributed by atoms with Gasteiger partial charge in [0.05, 0.1) is 16.5 Å². The molecule has 0 amide bonds. The van der Waals surface area contributed by atoms with Gasteiger partial charge in [-0.3, -0.25) is 9.59 Å². The van der Waals surface area contributed by atoms with Crippen LogP contribution in [0.5, 0.6) is 0 Å². The molecule has 0 aromatic rings. The summed E-state index contributed by atoms with van der Waals surface area (Å²) in [6.45, 7) is 23.4. The molecule has 10 fully saturated rings. The number of ketones is 2. The second-order valence-corrected chi connectivity index (χ2v) is 24.6. The van der Waals surface area contributed by atoms with Gasteiger partial charge in [-0.15, -0.1) is 0 Å². The van der Waals surface area contributed by atoms with Crippen LogP contribution < -0.4 is 0 Å². The number of fused-ring (bicyclic) bond motifs is 10. The van der Waals surface area contributed by atoms with E-state index in [1.54, 1.807) is 0 Å². The average Bonchev–Trinajstić information content (AvgIpc) is 4.14. The Morgan fingerprint density at radius 2 is 1.02 bits per heavy atom. The number of carbonyl (C=O) groups is 2. The number of Topliss-reactive ketones (excluding diaryl/α,β-unsaturated/α-hetero) is 2. The SMILES string of the molecule is C[C@@]1(O)CC[C@H]2[C@H](CC[C@@H]3[C@@H]2CC[C@]2(C)[C@@H](C(=O)CBr)CC[C@@H]32)C1.[C-]#[N+]C1(CO)CC1.[C-]#[N+]C1(COCC(=O)[C@H]2CC[C@H]3[C@@H]4CC[C@@H]5C[C@](C)(O)CC[C@@H]5[C@H]4CC[C@]23C)CC1. The van der Waals surface area contributed by atoms with Gasteiger partial charge in [0.15, 0.2) is 5.78 Å². The Morgan fingerprint density at radius 1 is 0.574 bits per heavy atom. The zero-order chi connectivity index (χ0) is 43.6. The average molecular weight is 908 g/mol. The predicted octanol–water partition coefficient (Wildman–Crippen LogP) is 10.4. The molecule has 0 unspecified atom stereocenters. The summed E-state index contributed by atoms with van der Waals surface area (Å²) in [6.07, 6.45) is 24.9. The first-order chi connectivity index (χ1) is 29.0. The molecule has 8 nitrogen and oxygen atoms in total. The normalized spacial score (nSPS) is 47.8. The van der Waals surface area contributed by atoms with E-state index in [-0.39, 0.29) is 41.0 Å². The number of carbonyl (C=O) groups excluding carboxylic acids is 2. The number of hydrogen-bond donors (Lipinski definition) is 3. The Labute approximate surface area is 376 Å². The summed E-state index contributed by atoms with van der Waals surface area (Å²) in [7, 11) is 0. The summed E-state index contributed by atoms with van der Waals surface area (Å²) in [6, 6.07) is 0. The Kier molecular flexibility index (Phi) is 13.2. The number of aliphatic hydroxyl groups excluding tert-OH is 1. The molecule has 3 N–H and O–H groups in total. The van der Waals surface area contributed by atoms with Crippen LogP contribution in [0.25, 0.3) is 9.69 Å². The minimum atomic E-state index is -0.450. The third-order valence-electron chi connectivity index (χ3n) is 20.4. The molecule has 10 aliphatic rings. The molecule has 10 aliphatic carbocycles. The van der Waals surface area contributed by atoms with E-state index in [1.165, 1.54) is 77.0 Å². The Balaban J connectivity index is 0.000000148. The molecule has 0 spiro atoms. The summed E-state index contributed by atoms with van der Waals surface area (Å²) in [5, 5.41) is 30.0. The van der Waals surface area contributed by atoms with E-state index in [4.69, 9.17) is 23.0 Å². The molecule has 340 valence electrons. The fraction of sp³-hybridized carbons (Fsp3) is 0.923. The second-order valence-electron chi connectivity index (χ2n) is 24.1. The minimum absolute atomic E-state index is 0.0521. The smallest absolute Gasteiger partial charge is 0.256 e. The first-order valence-corrected chi connectivity index (χ1v) is 26.1. The van der Waals surface area contributed by atoms with Crippen molar-refractivity contribution in [3.8, 4) is 0 Å². The van der Waals surface area contributed by atoms with Crippen LogP contribution in [0.15, 0.2) is 0 Å². The zero-order valence-electron chi connectivity index (χ0n) is 38.2. The topological polar surface area (TPSA) is 113 Å². The standard InChI is InChI=1S/C26H39NO3.C21H33BrO2.C5H7NO/c1-24(29)10-8-18-17(14-24)4-5-20-19(18)9-11-25(2)21(20)6-7-22(25)23(28)15-30-16-26(27-3)12-13-26;1-20(24)9-7-14-13(11-20)3-4-16-15(14)8-10-21(2)17(16)5-6-18(21)19(23)12-22;1-6-5(4-7)2-3-5/h17-22,29H,4-16H2,1-2H3;13-18,24H,3-12H2,1-2H3;7H,2-4H2/t17-,18+,19-,20-,21+,22-,24-,25+;13-,14+,15-,16-,17+,18-,20-,21+;/m11./s1. The summed E-state index contributed by atoms with van der Waals surface area (Å²) in [5.41, 5.74) is -1.08. The molecular weight excluding hydrogens is 828 g/mol. The van der Waals surface area contributed by atoms with Crippen LogP contribution in [0.3, 0.4) is 0 Å². The van der Waals surface area contributed by atoms with E-state index in [0.29, 0.717) is 41.3 Å². The van der Waals surface area contributed by atoms with E-state index in [9.17, 15) is 19.8 Å². The van der Waals surface area contributed by atoms with Gasteiger partial charge in [-0.25, -0.2) is 13.1 Å². The highest BCUT2D eigenvalue weighted by Crippen LogP contribution is 2.66. The maximum Gasteiger partial charge on any atom is 0.256 e. The maximum absolute atomic E-state index is 13.1. The lowest BCUT2D eigenvalue weighted by Gasteiger charge is -2.56. The van der Waals surface area contributed by atoms with Crippen molar-refractivity contribution in [2.45, 2.75) is 191 Å². The number of hydrogen-bond acceptors (Lipinski definition) is 6. The van der Waals surface area contributed by atoms with Crippen molar-refractivity contribution >= 4 is 27.5 Å². The highest BCUT2D eigenvalue weighted by molar-refractivity contribution is 9.09. The zero-order valence-corrected chi connectivity index (χ0v) is 39.7. The van der Waals surface area contributed by atoms with Gasteiger partial charge in [-0.05, 0) is 199 Å². The number of aliphatic hydroxyl groups is 3. The van der Waals surface area contributed by atoms with Crippen molar-refractivity contribution in [2.24, 2.45) is 81.8 Å². The van der Waals surface area contributed by atoms with Gasteiger partial charge < -0.3 is 29.7 Å². The van der Waals surface area contributed by atoms with Crippen molar-refractivity contribution in [3.05, 3.63) is 22.8 Å². The number of halogens is 1. The molecule has 0 saturated heterocycles. The lowest BCUT2D eigenvalue weighted by Crippen LogP contribution is -2.51. The Bertz CT molecular complexity index is 1710. The molecule has 16 atom stereocenters. The summed E-state index contributed by atoms with van der Waals surface area (Å²) >= 11 is 3.42. The lowest BCUT2D eigenvalue weighted by atomic mass is 9.49. The third-order valence-corrected chi connectivity index (χ3v) is 21.0. The van der Waals surface area contributed by atoms with Crippen molar-refractivity contribution in [1.29, 1.82) is 0 Å². The van der Waals surface area contributed by atoms with E-state index in [1.807, 2.05) is 13.8 Å². The largest absolute Gasteiger partial charge is 0.390 e. The van der Waals surface area contributed by atoms with Crippen LogP contribution in [0.2, 0.25) is 0 Å². The Morgan fingerprint density at radius 3 is 1.41 bits per heavy atom. The first-order valence-electron chi connectivity index (χ1n) is 25.0. The summed E-state index contributed by atoms with van der Waals surface area (Å²) in [5.74, 6) is 9.07. The van der Waals surface area contributed by atoms with Gasteiger partial charge >= 0.3 is 0 Å². The van der Waals surface area contributed by atoms with Gasteiger partial charge in [-0.1, -0.05) is 29.8 Å². The molecular formula is C52H79BrN2O6. The molecule has 0 radical (unpaired) electrons. The molecule has 61 heavy (non-hydrogen) atoms. The number of nitrogens with zero attached hydrogens (tertiary/aromatic N) is 2. The van der Waals surface area contributed by atoms with Gasteiger partial charge in [0.2, 0.25) is 0 Å². The molecule has 0 heterocycles. The molecule has 9 heteroatoms. The fourth-order valence-electron chi connectivity index (χ4n) is 16.6. The van der Waals surface area contributed by atoms with E-state index in [2.05, 4.69) is 39.5 Å². The number of rotatable bonds is 8. The van der Waals surface area contributed by atoms with E-state index >= 15 is 0 Å². The van der Waals surface area contributed by atoms with Crippen LogP contribution in [0.1, 0.15) is 169 Å². The van der Waals surface area contributed by atoms with Crippen molar-refractivity contribution < 1.29 is 29.6 Å². The Hall–Kier alpha value is -1.36. The van der Waals surface area contributed by atoms with Gasteiger partial charge in [0, 0.05) is 37.5 Å².